The van der Waals surface area contributed by atoms with Crippen molar-refractivity contribution >= 4 is 27.2 Å². The zero-order valence-corrected chi connectivity index (χ0v) is 16.8. The predicted octanol–water partition coefficient (Wildman–Crippen LogP) is 1.64. The number of ether oxygens (including phenoxy) is 1. The van der Waals surface area contributed by atoms with Crippen LogP contribution in [0.4, 0.5) is 5.69 Å². The maximum Gasteiger partial charge on any atom is 0.269 e. The molecule has 25 heavy (non-hydrogen) atoms. The summed E-state index contributed by atoms with van der Waals surface area (Å²) in [5.74, 6) is 0.932. The van der Waals surface area contributed by atoms with Crippen LogP contribution in [-0.4, -0.2) is 19.7 Å². The summed E-state index contributed by atoms with van der Waals surface area (Å²) in [6.07, 6.45) is 0. The van der Waals surface area contributed by atoms with Crippen molar-refractivity contribution in [3.63, 3.8) is 0 Å². The third-order valence-electron chi connectivity index (χ3n) is 4.36. The Morgan fingerprint density at radius 1 is 1.00 bits per heavy atom. The lowest BCUT2D eigenvalue weighted by molar-refractivity contribution is -0.629. The highest BCUT2D eigenvalue weighted by Gasteiger charge is 2.19. The monoisotopic (exact) mass is 376 g/mol. The van der Waals surface area contributed by atoms with Gasteiger partial charge in [0.05, 0.1) is 18.2 Å². The summed E-state index contributed by atoms with van der Waals surface area (Å²) in [5, 5.41) is 1.27. The summed E-state index contributed by atoms with van der Waals surface area (Å²) >= 11 is 1.82. The van der Waals surface area contributed by atoms with Crippen LogP contribution in [0.5, 0.6) is 5.75 Å². The smallest absolute Gasteiger partial charge is 0.269 e. The highest BCUT2D eigenvalue weighted by Crippen LogP contribution is 2.31. The number of thiazole rings is 1. The third kappa shape index (κ3) is 3.91. The van der Waals surface area contributed by atoms with E-state index in [4.69, 9.17) is 4.74 Å². The molecule has 2 aromatic carbocycles. The lowest BCUT2D eigenvalue weighted by Crippen LogP contribution is -3.00. The number of fused-ring (bicyclic) bond motifs is 1. The van der Waals surface area contributed by atoms with E-state index in [0.717, 1.165) is 18.8 Å². The number of hydrogen-bond acceptors (Lipinski definition) is 3. The summed E-state index contributed by atoms with van der Waals surface area (Å²) in [7, 11) is 2.13. The van der Waals surface area contributed by atoms with E-state index in [0.29, 0.717) is 6.61 Å². The van der Waals surface area contributed by atoms with Crippen LogP contribution in [0.2, 0.25) is 0 Å². The number of nitrogens with zero attached hydrogens (tertiary/aromatic N) is 2. The number of hydrogen-bond donors (Lipinski definition) is 0. The van der Waals surface area contributed by atoms with Crippen LogP contribution in [-0.2, 0) is 7.05 Å². The van der Waals surface area contributed by atoms with Crippen molar-refractivity contribution in [2.75, 3.05) is 24.6 Å². The summed E-state index contributed by atoms with van der Waals surface area (Å²) in [4.78, 5) is 2.36. The first-order valence-electron chi connectivity index (χ1n) is 8.58. The van der Waals surface area contributed by atoms with Crippen LogP contribution in [0, 0.1) is 0 Å². The van der Waals surface area contributed by atoms with Crippen molar-refractivity contribution in [2.24, 2.45) is 7.05 Å². The molecule has 0 radical (unpaired) electrons. The van der Waals surface area contributed by atoms with Crippen molar-refractivity contribution in [1.82, 2.24) is 0 Å². The van der Waals surface area contributed by atoms with Gasteiger partial charge >= 0.3 is 0 Å². The molecule has 0 aliphatic rings. The number of rotatable bonds is 6. The molecule has 5 heteroatoms. The van der Waals surface area contributed by atoms with Gasteiger partial charge in [-0.05, 0) is 57.2 Å². The Morgan fingerprint density at radius 3 is 2.28 bits per heavy atom. The van der Waals surface area contributed by atoms with E-state index in [-0.39, 0.29) is 12.4 Å². The van der Waals surface area contributed by atoms with Crippen molar-refractivity contribution in [1.29, 1.82) is 0 Å². The number of aryl methyl sites for hydroxylation is 1. The van der Waals surface area contributed by atoms with Crippen LogP contribution in [0.15, 0.2) is 42.5 Å². The Bertz CT molecular complexity index is 826. The molecule has 3 rings (SSSR count). The Kier molecular flexibility index (Phi) is 6.68. The van der Waals surface area contributed by atoms with E-state index >= 15 is 0 Å². The fourth-order valence-electron chi connectivity index (χ4n) is 3.04. The first-order chi connectivity index (χ1) is 11.7. The zero-order chi connectivity index (χ0) is 17.1. The predicted molar refractivity (Wildman–Crippen MR) is 103 cm³/mol. The molecule has 0 amide bonds. The molecule has 3 nitrogen and oxygen atoms in total. The average molecular weight is 377 g/mol. The standard InChI is InChI=1S/C20H25N2OS.ClH/c1-5-22(6-2)16-10-8-15(9-11-16)20-21(4)18-14-17(23-7-3)12-13-19(18)24-20;/h8-14H,5-7H2,1-4H3;1H/q+1;/p-1. The van der Waals surface area contributed by atoms with Gasteiger partial charge in [0.25, 0.3) is 5.01 Å². The fourth-order valence-corrected chi connectivity index (χ4v) is 4.17. The Labute approximate surface area is 160 Å². The highest BCUT2D eigenvalue weighted by atomic mass is 35.5. The second-order valence-corrected chi connectivity index (χ2v) is 6.78. The van der Waals surface area contributed by atoms with Gasteiger partial charge in [0, 0.05) is 18.8 Å². The van der Waals surface area contributed by atoms with Gasteiger partial charge < -0.3 is 22.0 Å². The van der Waals surface area contributed by atoms with E-state index in [9.17, 15) is 0 Å². The molecule has 0 bridgehead atoms. The third-order valence-corrected chi connectivity index (χ3v) is 5.62. The molecule has 0 unspecified atom stereocenters. The molecule has 0 fully saturated rings. The summed E-state index contributed by atoms with van der Waals surface area (Å²) in [6, 6.07) is 15.2. The van der Waals surface area contributed by atoms with Crippen molar-refractivity contribution < 1.29 is 21.7 Å². The molecule has 0 saturated carbocycles. The minimum atomic E-state index is 0. The Balaban J connectivity index is 0.00000225. The second kappa shape index (κ2) is 8.54. The molecule has 0 N–H and O–H groups in total. The van der Waals surface area contributed by atoms with E-state index in [1.807, 2.05) is 18.3 Å². The Hall–Kier alpha value is -1.78. The minimum Gasteiger partial charge on any atom is -1.00 e. The number of aromatic nitrogens is 1. The SMILES string of the molecule is CCOc1ccc2sc(-c3ccc(N(CC)CC)cc3)[n+](C)c2c1.[Cl-]. The Morgan fingerprint density at radius 2 is 1.68 bits per heavy atom. The topological polar surface area (TPSA) is 16.4 Å². The second-order valence-electron chi connectivity index (χ2n) is 5.75. The lowest BCUT2D eigenvalue weighted by atomic mass is 10.2. The number of anilines is 1. The molecule has 0 aliphatic heterocycles. The van der Waals surface area contributed by atoms with Gasteiger partial charge in [-0.25, -0.2) is 0 Å². The van der Waals surface area contributed by atoms with Crippen molar-refractivity contribution in [2.45, 2.75) is 20.8 Å². The molecule has 1 aromatic heterocycles. The molecule has 3 aromatic rings. The van der Waals surface area contributed by atoms with Crippen molar-refractivity contribution in [3.05, 3.63) is 42.5 Å². The normalized spacial score (nSPS) is 10.6. The van der Waals surface area contributed by atoms with E-state index in [2.05, 4.69) is 72.8 Å². The molecule has 1 heterocycles. The van der Waals surface area contributed by atoms with Crippen LogP contribution < -0.4 is 26.6 Å². The van der Waals surface area contributed by atoms with Gasteiger partial charge in [-0.1, -0.05) is 11.3 Å². The van der Waals surface area contributed by atoms with Crippen molar-refractivity contribution in [3.8, 4) is 16.3 Å². The maximum absolute atomic E-state index is 5.64. The van der Waals surface area contributed by atoms with Gasteiger partial charge in [0.1, 0.15) is 17.5 Å². The van der Waals surface area contributed by atoms with Gasteiger partial charge in [0.15, 0.2) is 0 Å². The molecule has 0 spiro atoms. The highest BCUT2D eigenvalue weighted by molar-refractivity contribution is 7.21. The molecular weight excluding hydrogens is 352 g/mol. The first-order valence-corrected chi connectivity index (χ1v) is 9.40. The molecule has 0 aliphatic carbocycles. The largest absolute Gasteiger partial charge is 1.00 e. The quantitative estimate of drug-likeness (QED) is 0.608. The molecule has 134 valence electrons. The van der Waals surface area contributed by atoms with E-state index < -0.39 is 0 Å². The van der Waals surface area contributed by atoms with Crippen LogP contribution in [0.1, 0.15) is 20.8 Å². The number of halogens is 1. The van der Waals surface area contributed by atoms with Crippen LogP contribution >= 0.6 is 11.3 Å². The van der Waals surface area contributed by atoms with Gasteiger partial charge in [-0.15, -0.1) is 0 Å². The summed E-state index contributed by atoms with van der Waals surface area (Å²) in [5.41, 5.74) is 3.76. The average Bonchev–Trinajstić information content (AvgIpc) is 2.94. The fraction of sp³-hybridized carbons (Fsp3) is 0.350. The first kappa shape index (κ1) is 19.5. The van der Waals surface area contributed by atoms with Crippen LogP contribution in [0.3, 0.4) is 0 Å². The molecular formula is C20H25ClN2OS. The zero-order valence-electron chi connectivity index (χ0n) is 15.3. The van der Waals surface area contributed by atoms with Gasteiger partial charge in [-0.3, -0.25) is 0 Å². The minimum absolute atomic E-state index is 0. The van der Waals surface area contributed by atoms with E-state index in [1.165, 1.54) is 26.5 Å². The maximum atomic E-state index is 5.64. The summed E-state index contributed by atoms with van der Waals surface area (Å²) in [6.45, 7) is 9.16. The van der Waals surface area contributed by atoms with Gasteiger partial charge in [0.2, 0.25) is 5.52 Å². The number of benzene rings is 2. The molecule has 0 saturated heterocycles. The van der Waals surface area contributed by atoms with Gasteiger partial charge in [-0.2, -0.15) is 4.57 Å². The van der Waals surface area contributed by atoms with E-state index in [1.54, 1.807) is 0 Å². The van der Waals surface area contributed by atoms with Crippen LogP contribution in [0.25, 0.3) is 20.8 Å². The molecule has 0 atom stereocenters. The summed E-state index contributed by atoms with van der Waals surface area (Å²) < 4.78 is 9.18. The lowest BCUT2D eigenvalue weighted by Gasteiger charge is -2.20.